The highest BCUT2D eigenvalue weighted by atomic mass is 35.5. The molecule has 0 bridgehead atoms. The van der Waals surface area contributed by atoms with E-state index in [1.165, 1.54) is 0 Å². The summed E-state index contributed by atoms with van der Waals surface area (Å²) in [5, 5.41) is 37.4. The molecule has 34 heavy (non-hydrogen) atoms. The van der Waals surface area contributed by atoms with Crippen LogP contribution in [0.15, 0.2) is 0 Å². The number of hydrogen-bond acceptors (Lipinski definition) is 8. The third kappa shape index (κ3) is 20.3. The average molecular weight is 586 g/mol. The number of hydrogen-bond donors (Lipinski definition) is 4. The Bertz CT molecular complexity index is 776. The van der Waals surface area contributed by atoms with Crippen molar-refractivity contribution >= 4 is 73.5 Å². The molecule has 1 rings (SSSR count). The van der Waals surface area contributed by atoms with E-state index in [-0.39, 0.29) is 88.6 Å². The predicted octanol–water partition coefficient (Wildman–Crippen LogP) is 0.0138. The minimum atomic E-state index is -2.98. The first kappa shape index (κ1) is 24.6. The van der Waals surface area contributed by atoms with Gasteiger partial charge in [0.1, 0.15) is 0 Å². The summed E-state index contributed by atoms with van der Waals surface area (Å²) in [6.07, 6.45) is -0.394. The van der Waals surface area contributed by atoms with E-state index in [0.29, 0.717) is 0 Å². The molecule has 1 aliphatic rings. The van der Waals surface area contributed by atoms with Crippen LogP contribution in [-0.4, -0.2) is 142 Å². The molecule has 0 radical (unpaired) electrons. The van der Waals surface area contributed by atoms with Crippen LogP contribution < -0.4 is 0 Å². The minimum absolute atomic E-state index is 0. The maximum atomic E-state index is 11.5. The van der Waals surface area contributed by atoms with Crippen molar-refractivity contribution in [1.29, 1.82) is 0 Å². The van der Waals surface area contributed by atoms with E-state index in [1.807, 2.05) is 0 Å². The van der Waals surface area contributed by atoms with E-state index < -0.39 is 76.0 Å². The summed E-state index contributed by atoms with van der Waals surface area (Å²) in [7, 11) is 0. The van der Waals surface area contributed by atoms with Crippen LogP contribution in [0.4, 0.5) is 0 Å². The van der Waals surface area contributed by atoms with E-state index in [4.69, 9.17) is 11.0 Å². The van der Waals surface area contributed by atoms with Gasteiger partial charge in [-0.2, -0.15) is 0 Å². The lowest BCUT2D eigenvalue weighted by molar-refractivity contribution is -0.140. The van der Waals surface area contributed by atoms with Gasteiger partial charge in [-0.05, 0) is 12.8 Å². The standard InChI is InChI=1S/C18H32N4O8.4ClH/c23-15(24)11-19-3-1-4-20(12-16(25)26)8-10-22(14-18(29)30)6-2-5-21(9-7-19)13-17(27)28;;;;/h1-14H2,(H,23,24)(H,25,26)(H,27,28)(H,29,30);4*1H/i11D2,12D2,13D2,14D2;;;;. The van der Waals surface area contributed by atoms with Crippen molar-refractivity contribution in [1.82, 2.24) is 19.6 Å². The van der Waals surface area contributed by atoms with Crippen LogP contribution >= 0.6 is 49.6 Å². The van der Waals surface area contributed by atoms with Crippen LogP contribution in [0, 0.1) is 0 Å². The van der Waals surface area contributed by atoms with Crippen molar-refractivity contribution in [3.05, 3.63) is 0 Å². The van der Waals surface area contributed by atoms with Gasteiger partial charge in [0.15, 0.2) is 0 Å². The van der Waals surface area contributed by atoms with Crippen molar-refractivity contribution in [2.45, 2.75) is 12.8 Å². The lowest BCUT2D eigenvalue weighted by Gasteiger charge is -2.30. The molecule has 204 valence electrons. The Morgan fingerprint density at radius 3 is 0.794 bits per heavy atom. The number of carboxylic acid groups (broad SMARTS) is 4. The summed E-state index contributed by atoms with van der Waals surface area (Å²) in [5.74, 6) is -7.52. The van der Waals surface area contributed by atoms with Crippen molar-refractivity contribution < 1.29 is 50.6 Å². The molecule has 12 nitrogen and oxygen atoms in total. The third-order valence-corrected chi connectivity index (χ3v) is 4.01. The summed E-state index contributed by atoms with van der Waals surface area (Å²) in [4.78, 5) is 49.3. The van der Waals surface area contributed by atoms with Gasteiger partial charge in [0.25, 0.3) is 0 Å². The smallest absolute Gasteiger partial charge is 0.317 e. The Hall–Kier alpha value is -1.12. The van der Waals surface area contributed by atoms with Crippen LogP contribution in [0.5, 0.6) is 0 Å². The van der Waals surface area contributed by atoms with Crippen molar-refractivity contribution in [2.24, 2.45) is 0 Å². The zero-order valence-electron chi connectivity index (χ0n) is 25.9. The fourth-order valence-corrected chi connectivity index (χ4v) is 2.82. The van der Waals surface area contributed by atoms with Gasteiger partial charge in [0.05, 0.1) is 37.0 Å². The van der Waals surface area contributed by atoms with Gasteiger partial charge >= 0.3 is 23.9 Å². The first-order valence-electron chi connectivity index (χ1n) is 13.1. The SMILES string of the molecule is Cl.Cl.Cl.Cl.[2H]C([2H])(C(=O)O)N1CCCN(C([2H])([2H])C(=O)O)CCN(C([2H])([2H])C(=O)O)CCCN(C([2H])([2H])C(=O)O)CC1. The molecular weight excluding hydrogens is 542 g/mol. The first-order chi connectivity index (χ1) is 17.2. The van der Waals surface area contributed by atoms with E-state index in [9.17, 15) is 39.6 Å². The second-order valence-electron chi connectivity index (χ2n) is 6.32. The largest absolute Gasteiger partial charge is 0.480 e. The molecule has 4 N–H and O–H groups in total. The zero-order chi connectivity index (χ0) is 29.7. The second-order valence-corrected chi connectivity index (χ2v) is 6.32. The average Bonchev–Trinajstić information content (AvgIpc) is 2.78. The highest BCUT2D eigenvalue weighted by Gasteiger charge is 2.18. The Morgan fingerprint density at radius 2 is 0.647 bits per heavy atom. The number of nitrogens with zero attached hydrogens (tertiary/aromatic N) is 4. The van der Waals surface area contributed by atoms with Crippen molar-refractivity contribution in [3.63, 3.8) is 0 Å². The Labute approximate surface area is 235 Å². The molecule has 1 heterocycles. The molecule has 0 atom stereocenters. The van der Waals surface area contributed by atoms with Crippen molar-refractivity contribution in [3.8, 4) is 0 Å². The number of carbonyl (C=O) groups is 4. The molecule has 16 heteroatoms. The molecule has 0 aromatic carbocycles. The van der Waals surface area contributed by atoms with Crippen LogP contribution in [0.1, 0.15) is 23.8 Å². The Balaban J connectivity index is -0.00000180. The van der Waals surface area contributed by atoms with Gasteiger partial charge in [0.2, 0.25) is 0 Å². The number of rotatable bonds is 8. The van der Waals surface area contributed by atoms with E-state index in [0.717, 1.165) is 19.6 Å². The second kappa shape index (κ2) is 22.4. The Morgan fingerprint density at radius 1 is 0.471 bits per heavy atom. The normalized spacial score (nSPS) is 22.6. The van der Waals surface area contributed by atoms with E-state index in [1.54, 1.807) is 0 Å². The highest BCUT2D eigenvalue weighted by Crippen LogP contribution is 2.03. The topological polar surface area (TPSA) is 162 Å². The molecule has 1 aliphatic heterocycles. The lowest BCUT2D eigenvalue weighted by atomic mass is 10.2. The van der Waals surface area contributed by atoms with Gasteiger partial charge in [-0.15, -0.1) is 49.6 Å². The van der Waals surface area contributed by atoms with Gasteiger partial charge in [0, 0.05) is 52.4 Å². The summed E-state index contributed by atoms with van der Waals surface area (Å²) >= 11 is 0. The van der Waals surface area contributed by atoms with Crippen molar-refractivity contribution in [2.75, 3.05) is 78.3 Å². The van der Waals surface area contributed by atoms with Gasteiger partial charge in [-0.25, -0.2) is 0 Å². The molecule has 0 aliphatic carbocycles. The number of halogens is 4. The molecule has 0 spiro atoms. The molecule has 1 saturated heterocycles. The molecular formula is C18H36Cl4N4O8. The van der Waals surface area contributed by atoms with E-state index >= 15 is 0 Å². The monoisotopic (exact) mass is 584 g/mol. The fraction of sp³-hybridized carbons (Fsp3) is 0.778. The number of carboxylic acids is 4. The fourth-order valence-electron chi connectivity index (χ4n) is 2.82. The maximum Gasteiger partial charge on any atom is 0.317 e. The summed E-state index contributed by atoms with van der Waals surface area (Å²) < 4.78 is 63.3. The van der Waals surface area contributed by atoms with Gasteiger partial charge < -0.3 is 20.4 Å². The third-order valence-electron chi connectivity index (χ3n) is 4.01. The first-order valence-corrected chi connectivity index (χ1v) is 9.14. The summed E-state index contributed by atoms with van der Waals surface area (Å²) in [6.45, 7) is -15.4. The molecule has 0 saturated carbocycles. The molecule has 0 aromatic heterocycles. The summed E-state index contributed by atoms with van der Waals surface area (Å²) in [5.41, 5.74) is 0. The highest BCUT2D eigenvalue weighted by molar-refractivity contribution is 5.86. The quantitative estimate of drug-likeness (QED) is 0.302. The van der Waals surface area contributed by atoms with Crippen LogP contribution in [-0.2, 0) is 19.2 Å². The molecule has 0 unspecified atom stereocenters. The van der Waals surface area contributed by atoms with Crippen LogP contribution in [0.25, 0.3) is 0 Å². The molecule has 1 fully saturated rings. The Kier molecular flexibility index (Phi) is 16.2. The molecule has 0 amide bonds. The van der Waals surface area contributed by atoms with Gasteiger partial charge in [-0.3, -0.25) is 38.8 Å². The lowest BCUT2D eigenvalue weighted by Crippen LogP contribution is -2.44. The molecule has 0 aromatic rings. The maximum absolute atomic E-state index is 11.5. The summed E-state index contributed by atoms with van der Waals surface area (Å²) in [6, 6.07) is 0. The minimum Gasteiger partial charge on any atom is -0.480 e. The van der Waals surface area contributed by atoms with Gasteiger partial charge in [-0.1, -0.05) is 0 Å². The number of aliphatic carboxylic acids is 4. The zero-order valence-corrected chi connectivity index (χ0v) is 21.2. The van der Waals surface area contributed by atoms with Crippen LogP contribution in [0.3, 0.4) is 0 Å². The predicted molar refractivity (Wildman–Crippen MR) is 135 cm³/mol. The van der Waals surface area contributed by atoms with E-state index in [2.05, 4.69) is 0 Å². The van der Waals surface area contributed by atoms with Crippen LogP contribution in [0.2, 0.25) is 0 Å².